The Morgan fingerprint density at radius 2 is 2.33 bits per heavy atom. The van der Waals surface area contributed by atoms with Crippen molar-refractivity contribution in [2.45, 2.75) is 18.9 Å². The van der Waals surface area contributed by atoms with E-state index in [2.05, 4.69) is 0 Å². The zero-order chi connectivity index (χ0) is 8.10. The van der Waals surface area contributed by atoms with Crippen molar-refractivity contribution in [2.75, 3.05) is 6.61 Å². The number of halogens is 1. The smallest absolute Gasteiger partial charge is 0.120 e. The van der Waals surface area contributed by atoms with Gasteiger partial charge in [0.05, 0.1) is 12.3 Å². The van der Waals surface area contributed by atoms with Gasteiger partial charge in [0.15, 0.2) is 0 Å². The molecule has 0 radical (unpaired) electrons. The zero-order valence-electron chi connectivity index (χ0n) is 6.77. The Morgan fingerprint density at radius 3 is 2.83 bits per heavy atom. The summed E-state index contributed by atoms with van der Waals surface area (Å²) in [6, 6.07) is 3.59. The molecule has 0 saturated heterocycles. The molecular formula is C8H14ClNO2. The van der Waals surface area contributed by atoms with Gasteiger partial charge in [-0.05, 0) is 25.0 Å². The number of furan rings is 1. The van der Waals surface area contributed by atoms with Crippen molar-refractivity contribution >= 4 is 12.4 Å². The molecule has 3 N–H and O–H groups in total. The van der Waals surface area contributed by atoms with Gasteiger partial charge in [0, 0.05) is 6.61 Å². The summed E-state index contributed by atoms with van der Waals surface area (Å²) in [5.74, 6) is 0.790. The molecule has 70 valence electrons. The molecule has 0 spiro atoms. The summed E-state index contributed by atoms with van der Waals surface area (Å²) in [6.45, 7) is 0.189. The van der Waals surface area contributed by atoms with Crippen molar-refractivity contribution in [3.8, 4) is 0 Å². The van der Waals surface area contributed by atoms with Crippen LogP contribution in [0.1, 0.15) is 24.6 Å². The minimum atomic E-state index is -0.0721. The minimum Gasteiger partial charge on any atom is -0.468 e. The normalized spacial score (nSPS) is 12.2. The van der Waals surface area contributed by atoms with Gasteiger partial charge >= 0.3 is 0 Å². The van der Waals surface area contributed by atoms with Gasteiger partial charge in [0.1, 0.15) is 5.76 Å². The zero-order valence-corrected chi connectivity index (χ0v) is 7.59. The number of aliphatic hydroxyl groups is 1. The summed E-state index contributed by atoms with van der Waals surface area (Å²) >= 11 is 0. The molecule has 0 aromatic carbocycles. The van der Waals surface area contributed by atoms with E-state index >= 15 is 0 Å². The monoisotopic (exact) mass is 191 g/mol. The van der Waals surface area contributed by atoms with E-state index < -0.39 is 0 Å². The molecule has 12 heavy (non-hydrogen) atoms. The van der Waals surface area contributed by atoms with E-state index in [1.807, 2.05) is 12.1 Å². The molecule has 0 saturated carbocycles. The Labute approximate surface area is 78.0 Å². The third kappa shape index (κ3) is 3.26. The van der Waals surface area contributed by atoms with Crippen LogP contribution < -0.4 is 5.73 Å². The van der Waals surface area contributed by atoms with Gasteiger partial charge in [-0.15, -0.1) is 12.4 Å². The average Bonchev–Trinajstić information content (AvgIpc) is 2.52. The maximum Gasteiger partial charge on any atom is 0.120 e. The van der Waals surface area contributed by atoms with Gasteiger partial charge in [-0.3, -0.25) is 0 Å². The van der Waals surface area contributed by atoms with Gasteiger partial charge in [-0.2, -0.15) is 0 Å². The molecule has 0 aliphatic heterocycles. The maximum absolute atomic E-state index is 8.53. The standard InChI is InChI=1S/C8H13NO2.ClH/c9-7(3-1-5-10)8-4-2-6-11-8;/h2,4,6-7,10H,1,3,5,9H2;1H/t7-;/m0./s1. The molecule has 1 aromatic rings. The predicted octanol–water partition coefficient (Wildman–Crippen LogP) is 1.47. The molecular weight excluding hydrogens is 178 g/mol. The first kappa shape index (κ1) is 11.5. The van der Waals surface area contributed by atoms with E-state index in [1.165, 1.54) is 0 Å². The molecule has 0 aliphatic carbocycles. The van der Waals surface area contributed by atoms with Crippen molar-refractivity contribution in [3.05, 3.63) is 24.2 Å². The van der Waals surface area contributed by atoms with Gasteiger partial charge in [-0.25, -0.2) is 0 Å². The van der Waals surface area contributed by atoms with E-state index in [0.717, 1.165) is 18.6 Å². The van der Waals surface area contributed by atoms with Crippen LogP contribution in [0.2, 0.25) is 0 Å². The number of aliphatic hydroxyl groups excluding tert-OH is 1. The lowest BCUT2D eigenvalue weighted by atomic mass is 10.1. The second kappa shape index (κ2) is 6.06. The van der Waals surface area contributed by atoms with Gasteiger partial charge in [0.25, 0.3) is 0 Å². The maximum atomic E-state index is 8.53. The largest absolute Gasteiger partial charge is 0.468 e. The molecule has 3 nitrogen and oxygen atoms in total. The molecule has 0 fully saturated rings. The van der Waals surface area contributed by atoms with E-state index in [9.17, 15) is 0 Å². The highest BCUT2D eigenvalue weighted by molar-refractivity contribution is 5.85. The molecule has 4 heteroatoms. The fourth-order valence-corrected chi connectivity index (χ4v) is 0.956. The molecule has 0 aliphatic rings. The predicted molar refractivity (Wildman–Crippen MR) is 49.2 cm³/mol. The van der Waals surface area contributed by atoms with Crippen molar-refractivity contribution in [1.29, 1.82) is 0 Å². The van der Waals surface area contributed by atoms with Crippen molar-refractivity contribution in [1.82, 2.24) is 0 Å². The van der Waals surface area contributed by atoms with Crippen LogP contribution >= 0.6 is 12.4 Å². The number of rotatable bonds is 4. The van der Waals surface area contributed by atoms with Gasteiger partial charge in [-0.1, -0.05) is 0 Å². The Bertz CT molecular complexity index is 189. The minimum absolute atomic E-state index is 0. The second-order valence-corrected chi connectivity index (χ2v) is 2.49. The molecule has 1 aromatic heterocycles. The third-order valence-electron chi connectivity index (χ3n) is 1.58. The second-order valence-electron chi connectivity index (χ2n) is 2.49. The molecule has 1 heterocycles. The van der Waals surface area contributed by atoms with Crippen LogP contribution in [0.4, 0.5) is 0 Å². The Hall–Kier alpha value is -0.510. The van der Waals surface area contributed by atoms with Crippen LogP contribution in [0.5, 0.6) is 0 Å². The first-order valence-electron chi connectivity index (χ1n) is 3.74. The van der Waals surface area contributed by atoms with Gasteiger partial charge < -0.3 is 15.3 Å². The lowest BCUT2D eigenvalue weighted by Gasteiger charge is -2.05. The Balaban J connectivity index is 0.00000121. The summed E-state index contributed by atoms with van der Waals surface area (Å²) in [6.07, 6.45) is 3.10. The van der Waals surface area contributed by atoms with Crippen LogP contribution in [0, 0.1) is 0 Å². The molecule has 0 unspecified atom stereocenters. The average molecular weight is 192 g/mol. The van der Waals surface area contributed by atoms with Crippen molar-refractivity contribution in [3.63, 3.8) is 0 Å². The Morgan fingerprint density at radius 1 is 1.58 bits per heavy atom. The number of nitrogens with two attached hydrogens (primary N) is 1. The Kier molecular flexibility index (Phi) is 5.80. The van der Waals surface area contributed by atoms with Crippen molar-refractivity contribution < 1.29 is 9.52 Å². The van der Waals surface area contributed by atoms with Crippen LogP contribution in [-0.2, 0) is 0 Å². The lowest BCUT2D eigenvalue weighted by Crippen LogP contribution is -2.09. The molecule has 0 amide bonds. The highest BCUT2D eigenvalue weighted by Gasteiger charge is 2.06. The topological polar surface area (TPSA) is 59.4 Å². The van der Waals surface area contributed by atoms with Crippen LogP contribution in [-0.4, -0.2) is 11.7 Å². The summed E-state index contributed by atoms with van der Waals surface area (Å²) < 4.78 is 5.09. The SMILES string of the molecule is Cl.N[C@@H](CCCO)c1ccco1. The van der Waals surface area contributed by atoms with E-state index in [-0.39, 0.29) is 25.1 Å². The first-order valence-corrected chi connectivity index (χ1v) is 3.74. The highest BCUT2D eigenvalue weighted by atomic mass is 35.5. The first-order chi connectivity index (χ1) is 5.34. The van der Waals surface area contributed by atoms with E-state index in [4.69, 9.17) is 15.3 Å². The fraction of sp³-hybridized carbons (Fsp3) is 0.500. The summed E-state index contributed by atoms with van der Waals surface area (Å²) in [5.41, 5.74) is 5.72. The van der Waals surface area contributed by atoms with Gasteiger partial charge in [0.2, 0.25) is 0 Å². The molecule has 1 atom stereocenters. The van der Waals surface area contributed by atoms with Crippen LogP contribution in [0.25, 0.3) is 0 Å². The summed E-state index contributed by atoms with van der Waals surface area (Å²) in [7, 11) is 0. The van der Waals surface area contributed by atoms with Crippen LogP contribution in [0.15, 0.2) is 22.8 Å². The lowest BCUT2D eigenvalue weighted by molar-refractivity contribution is 0.276. The summed E-state index contributed by atoms with van der Waals surface area (Å²) in [4.78, 5) is 0. The van der Waals surface area contributed by atoms with E-state index in [0.29, 0.717) is 0 Å². The molecule has 0 bridgehead atoms. The quantitative estimate of drug-likeness (QED) is 0.758. The number of hydrogen-bond acceptors (Lipinski definition) is 3. The molecule has 1 rings (SSSR count). The third-order valence-corrected chi connectivity index (χ3v) is 1.58. The fourth-order valence-electron chi connectivity index (χ4n) is 0.956. The summed E-state index contributed by atoms with van der Waals surface area (Å²) in [5, 5.41) is 8.53. The van der Waals surface area contributed by atoms with Crippen LogP contribution in [0.3, 0.4) is 0 Å². The van der Waals surface area contributed by atoms with Crippen molar-refractivity contribution in [2.24, 2.45) is 5.73 Å². The highest BCUT2D eigenvalue weighted by Crippen LogP contribution is 2.15. The number of hydrogen-bond donors (Lipinski definition) is 2. The van der Waals surface area contributed by atoms with E-state index in [1.54, 1.807) is 6.26 Å².